The average Bonchev–Trinajstić information content (AvgIpc) is 3.05. The standard InChI is InChI=1S/C38H45N3O3/c1-40(2)35-21-18-31(19-22-35)30-16-14-29(15-17-30)11-10-26-44-37-23-20-33(28-36(37)41(3)4)32-12-9-13-34(27-32)38(43)39-24-7-5-6-8-25-42/h9-23,27-28,42H,5-8,24-26H2,1-4H3,(H,39,43)/p+1/b11-10+. The van der Waals surface area contributed by atoms with Gasteiger partial charge in [0, 0.05) is 44.6 Å². The molecule has 4 aromatic rings. The molecule has 3 N–H and O–H groups in total. The van der Waals surface area contributed by atoms with Gasteiger partial charge < -0.3 is 25.0 Å². The molecule has 0 fully saturated rings. The number of carbonyl (C=O) groups is 1. The molecule has 0 saturated heterocycles. The van der Waals surface area contributed by atoms with Gasteiger partial charge in [0.1, 0.15) is 6.61 Å². The van der Waals surface area contributed by atoms with E-state index < -0.39 is 0 Å². The molecule has 0 saturated carbocycles. The third-order valence-electron chi connectivity index (χ3n) is 7.62. The van der Waals surface area contributed by atoms with Crippen LogP contribution < -0.4 is 19.9 Å². The molecular weight excluding hydrogens is 546 g/mol. The first-order valence-corrected chi connectivity index (χ1v) is 15.5. The van der Waals surface area contributed by atoms with Gasteiger partial charge in [0.2, 0.25) is 0 Å². The summed E-state index contributed by atoms with van der Waals surface area (Å²) < 4.78 is 6.19. The molecule has 0 bridgehead atoms. The third-order valence-corrected chi connectivity index (χ3v) is 7.62. The predicted octanol–water partition coefficient (Wildman–Crippen LogP) is 6.24. The fraction of sp³-hybridized carbons (Fsp3) is 0.289. The number of aliphatic hydroxyl groups is 1. The van der Waals surface area contributed by atoms with E-state index in [1.807, 2.05) is 56.6 Å². The zero-order valence-corrected chi connectivity index (χ0v) is 26.5. The Hall–Kier alpha value is -4.39. The van der Waals surface area contributed by atoms with E-state index in [2.05, 4.69) is 85.0 Å². The maximum absolute atomic E-state index is 12.7. The van der Waals surface area contributed by atoms with Crippen molar-refractivity contribution in [2.45, 2.75) is 25.7 Å². The summed E-state index contributed by atoms with van der Waals surface area (Å²) in [6.07, 6.45) is 7.83. The third kappa shape index (κ3) is 9.30. The van der Waals surface area contributed by atoms with Gasteiger partial charge in [0.15, 0.2) is 11.4 Å². The molecule has 230 valence electrons. The van der Waals surface area contributed by atoms with Gasteiger partial charge in [-0.25, -0.2) is 0 Å². The number of carbonyl (C=O) groups excluding carboxylic acids is 1. The van der Waals surface area contributed by atoms with E-state index >= 15 is 0 Å². The number of aliphatic hydroxyl groups excluding tert-OH is 1. The van der Waals surface area contributed by atoms with Gasteiger partial charge in [0.25, 0.3) is 5.91 Å². The first kappa shape index (κ1) is 32.5. The highest BCUT2D eigenvalue weighted by molar-refractivity contribution is 5.95. The topological polar surface area (TPSA) is 66.2 Å². The lowest BCUT2D eigenvalue weighted by atomic mass is 10.0. The highest BCUT2D eigenvalue weighted by Crippen LogP contribution is 2.29. The number of benzene rings is 4. The minimum atomic E-state index is -0.0625. The van der Waals surface area contributed by atoms with Crippen molar-refractivity contribution in [1.82, 2.24) is 5.32 Å². The monoisotopic (exact) mass is 592 g/mol. The van der Waals surface area contributed by atoms with Gasteiger partial charge in [-0.2, -0.15) is 0 Å². The average molecular weight is 593 g/mol. The number of ether oxygens (including phenoxy) is 1. The summed E-state index contributed by atoms with van der Waals surface area (Å²) in [7, 11) is 8.27. The molecule has 44 heavy (non-hydrogen) atoms. The first-order chi connectivity index (χ1) is 21.4. The SMILES string of the molecule is CN(C)c1ccc(-c2ccc(/C=C/COc3ccc(-c4cccc(C(=O)NCCCCCCO)c4)cc3[NH+](C)C)cc2)cc1. The molecule has 0 aliphatic rings. The van der Waals surface area contributed by atoms with E-state index in [0.29, 0.717) is 18.7 Å². The number of hydrogen-bond acceptors (Lipinski definition) is 4. The quantitative estimate of drug-likeness (QED) is 0.143. The van der Waals surface area contributed by atoms with Crippen molar-refractivity contribution in [2.75, 3.05) is 52.8 Å². The van der Waals surface area contributed by atoms with Crippen LogP contribution in [0.5, 0.6) is 5.75 Å². The lowest BCUT2D eigenvalue weighted by molar-refractivity contribution is -0.786. The lowest BCUT2D eigenvalue weighted by Gasteiger charge is -2.15. The van der Waals surface area contributed by atoms with Crippen molar-refractivity contribution in [2.24, 2.45) is 0 Å². The van der Waals surface area contributed by atoms with Crippen LogP contribution in [0, 0.1) is 0 Å². The Morgan fingerprint density at radius 3 is 2.16 bits per heavy atom. The number of amides is 1. The summed E-state index contributed by atoms with van der Waals surface area (Å²) in [6.45, 7) is 1.33. The fourth-order valence-corrected chi connectivity index (χ4v) is 5.02. The molecule has 0 radical (unpaired) electrons. The highest BCUT2D eigenvalue weighted by Gasteiger charge is 2.14. The second-order valence-corrected chi connectivity index (χ2v) is 11.5. The molecule has 0 aromatic heterocycles. The van der Waals surface area contributed by atoms with Crippen LogP contribution in [0.25, 0.3) is 28.3 Å². The smallest absolute Gasteiger partial charge is 0.251 e. The van der Waals surface area contributed by atoms with Crippen LogP contribution in [0.3, 0.4) is 0 Å². The first-order valence-electron chi connectivity index (χ1n) is 15.5. The van der Waals surface area contributed by atoms with Crippen LogP contribution >= 0.6 is 0 Å². The van der Waals surface area contributed by atoms with E-state index in [9.17, 15) is 4.79 Å². The number of nitrogens with one attached hydrogen (secondary N) is 2. The van der Waals surface area contributed by atoms with E-state index in [0.717, 1.165) is 58.7 Å². The largest absolute Gasteiger partial charge is 0.483 e. The molecule has 4 rings (SSSR count). The molecule has 0 aliphatic carbocycles. The highest BCUT2D eigenvalue weighted by atomic mass is 16.5. The lowest BCUT2D eigenvalue weighted by Crippen LogP contribution is -3.00. The molecule has 0 aliphatic heterocycles. The molecule has 0 unspecified atom stereocenters. The Kier molecular flexibility index (Phi) is 12.2. The molecule has 6 heteroatoms. The molecular formula is C38H46N3O3+. The van der Waals surface area contributed by atoms with Crippen LogP contribution in [0.1, 0.15) is 41.6 Å². The van der Waals surface area contributed by atoms with E-state index in [4.69, 9.17) is 9.84 Å². The molecule has 4 aromatic carbocycles. The van der Waals surface area contributed by atoms with E-state index in [1.165, 1.54) is 16.8 Å². The molecule has 6 nitrogen and oxygen atoms in total. The van der Waals surface area contributed by atoms with Crippen LogP contribution in [0.15, 0.2) is 97.1 Å². The van der Waals surface area contributed by atoms with Gasteiger partial charge in [0.05, 0.1) is 14.1 Å². The van der Waals surface area contributed by atoms with Gasteiger partial charge in [-0.05, 0) is 77.1 Å². The fourth-order valence-electron chi connectivity index (χ4n) is 5.02. The van der Waals surface area contributed by atoms with Crippen molar-refractivity contribution in [1.29, 1.82) is 0 Å². The summed E-state index contributed by atoms with van der Waals surface area (Å²) >= 11 is 0. The minimum Gasteiger partial charge on any atom is -0.483 e. The maximum Gasteiger partial charge on any atom is 0.251 e. The van der Waals surface area contributed by atoms with Crippen molar-refractivity contribution >= 4 is 23.4 Å². The Labute approximate surface area is 262 Å². The molecule has 0 atom stereocenters. The maximum atomic E-state index is 12.7. The zero-order valence-electron chi connectivity index (χ0n) is 26.5. The van der Waals surface area contributed by atoms with Crippen molar-refractivity contribution in [3.05, 3.63) is 108 Å². The Balaban J connectivity index is 1.35. The summed E-state index contributed by atoms with van der Waals surface area (Å²) in [6, 6.07) is 31.1. The van der Waals surface area contributed by atoms with E-state index in [-0.39, 0.29) is 12.5 Å². The van der Waals surface area contributed by atoms with Gasteiger partial charge in [-0.15, -0.1) is 0 Å². The normalized spacial score (nSPS) is 11.2. The zero-order chi connectivity index (χ0) is 31.3. The second-order valence-electron chi connectivity index (χ2n) is 11.5. The van der Waals surface area contributed by atoms with Gasteiger partial charge in [-0.3, -0.25) is 4.79 Å². The van der Waals surface area contributed by atoms with Crippen molar-refractivity contribution in [3.8, 4) is 28.0 Å². The Morgan fingerprint density at radius 1 is 0.818 bits per heavy atom. The number of unbranched alkanes of at least 4 members (excludes halogenated alkanes) is 3. The van der Waals surface area contributed by atoms with Crippen LogP contribution in [0.2, 0.25) is 0 Å². The molecule has 0 spiro atoms. The molecule has 0 heterocycles. The summed E-state index contributed by atoms with van der Waals surface area (Å²) in [5.41, 5.74) is 8.45. The van der Waals surface area contributed by atoms with Crippen LogP contribution in [0.4, 0.5) is 11.4 Å². The summed E-state index contributed by atoms with van der Waals surface area (Å²) in [5.74, 6) is 0.775. The minimum absolute atomic E-state index is 0.0625. The number of hydrogen-bond donors (Lipinski definition) is 3. The molecule has 1 amide bonds. The van der Waals surface area contributed by atoms with Crippen molar-refractivity contribution < 1.29 is 19.5 Å². The number of quaternary nitrogens is 1. The Bertz CT molecular complexity index is 1510. The van der Waals surface area contributed by atoms with Crippen molar-refractivity contribution in [3.63, 3.8) is 0 Å². The predicted molar refractivity (Wildman–Crippen MR) is 183 cm³/mol. The van der Waals surface area contributed by atoms with Crippen LogP contribution in [-0.2, 0) is 0 Å². The number of nitrogens with zero attached hydrogens (tertiary/aromatic N) is 1. The number of rotatable bonds is 15. The Morgan fingerprint density at radius 2 is 1.48 bits per heavy atom. The summed E-state index contributed by atoms with van der Waals surface area (Å²) in [5, 5.41) is 11.9. The van der Waals surface area contributed by atoms with Gasteiger partial charge >= 0.3 is 0 Å². The van der Waals surface area contributed by atoms with Crippen LogP contribution in [-0.4, -0.2) is 59.0 Å². The van der Waals surface area contributed by atoms with E-state index in [1.54, 1.807) is 0 Å². The second kappa shape index (κ2) is 16.5. The summed E-state index contributed by atoms with van der Waals surface area (Å²) in [4.78, 5) is 16.0. The number of anilines is 1. The van der Waals surface area contributed by atoms with Gasteiger partial charge in [-0.1, -0.05) is 73.5 Å².